The summed E-state index contributed by atoms with van der Waals surface area (Å²) in [6.07, 6.45) is 9.25. The third kappa shape index (κ3) is 8.60. The van der Waals surface area contributed by atoms with Crippen molar-refractivity contribution >= 4 is 58.5 Å². The number of carboxylic acids is 1. The molecule has 5 N–H and O–H groups in total. The van der Waals surface area contributed by atoms with E-state index in [1.54, 1.807) is 76.8 Å². The van der Waals surface area contributed by atoms with Crippen LogP contribution in [0, 0.1) is 0 Å². The highest BCUT2D eigenvalue weighted by Crippen LogP contribution is 2.40. The minimum Gasteiger partial charge on any atom is -0.477 e. The molecule has 0 spiro atoms. The quantitative estimate of drug-likeness (QED) is 0.136. The van der Waals surface area contributed by atoms with Crippen LogP contribution in [0.3, 0.4) is 0 Å². The van der Waals surface area contributed by atoms with Gasteiger partial charge in [-0.15, -0.1) is 13.2 Å². The van der Waals surface area contributed by atoms with Gasteiger partial charge in [0, 0.05) is 51.5 Å². The lowest BCUT2D eigenvalue weighted by molar-refractivity contribution is 0.0690. The van der Waals surface area contributed by atoms with Crippen molar-refractivity contribution in [2.24, 2.45) is 5.73 Å². The Kier molecular flexibility index (Phi) is 12.1. The Morgan fingerprint density at radius 2 is 1.24 bits per heavy atom. The van der Waals surface area contributed by atoms with Gasteiger partial charge in [0.1, 0.15) is 17.3 Å². The summed E-state index contributed by atoms with van der Waals surface area (Å²) in [6, 6.07) is 16.8. The molecule has 0 aromatic carbocycles. The average molecular weight is 746 g/mol. The van der Waals surface area contributed by atoms with E-state index in [-0.39, 0.29) is 35.6 Å². The van der Waals surface area contributed by atoms with Crippen molar-refractivity contribution in [2.75, 3.05) is 63.0 Å². The molecule has 2 fully saturated rings. The predicted octanol–water partition coefficient (Wildman–Crippen LogP) is 5.19. The molecule has 16 nitrogen and oxygen atoms in total. The molecular formula is C39H43N11O5. The number of Topliss-reactive ketones (excluding diaryl/α,β-unsaturated/α-hetero) is 1. The van der Waals surface area contributed by atoms with Crippen LogP contribution in [0.2, 0.25) is 0 Å². The number of hydrogen-bond acceptors (Lipinski definition) is 11. The van der Waals surface area contributed by atoms with Crippen LogP contribution in [-0.2, 0) is 0 Å². The smallest absolute Gasteiger partial charge is 0.354 e. The fourth-order valence-corrected chi connectivity index (χ4v) is 6.79. The van der Waals surface area contributed by atoms with Gasteiger partial charge in [-0.3, -0.25) is 25.2 Å². The number of urea groups is 2. The molecule has 4 aliphatic rings. The Labute approximate surface area is 318 Å². The fourth-order valence-electron chi connectivity index (χ4n) is 6.79. The predicted molar refractivity (Wildman–Crippen MR) is 211 cm³/mol. The molecule has 4 aromatic rings. The van der Waals surface area contributed by atoms with Crippen LogP contribution >= 0.6 is 0 Å². The van der Waals surface area contributed by atoms with Gasteiger partial charge in [-0.1, -0.05) is 24.3 Å². The van der Waals surface area contributed by atoms with Crippen molar-refractivity contribution in [1.82, 2.24) is 19.9 Å². The first-order valence-electron chi connectivity index (χ1n) is 17.9. The Hall–Kier alpha value is -6.68. The van der Waals surface area contributed by atoms with Gasteiger partial charge in [0.2, 0.25) is 0 Å². The number of aromatic carboxylic acids is 1. The summed E-state index contributed by atoms with van der Waals surface area (Å²) in [5.41, 5.74) is 6.89. The number of rotatable bonds is 8. The molecule has 2 saturated heterocycles. The van der Waals surface area contributed by atoms with Crippen molar-refractivity contribution in [3.8, 4) is 0 Å². The first-order valence-corrected chi connectivity index (χ1v) is 17.9. The number of amides is 4. The van der Waals surface area contributed by atoms with E-state index in [4.69, 9.17) is 5.73 Å². The van der Waals surface area contributed by atoms with Gasteiger partial charge >= 0.3 is 18.0 Å². The van der Waals surface area contributed by atoms with Gasteiger partial charge in [0.25, 0.3) is 0 Å². The van der Waals surface area contributed by atoms with Crippen LogP contribution in [0.15, 0.2) is 98.4 Å². The third-order valence-electron chi connectivity index (χ3n) is 9.39. The largest absolute Gasteiger partial charge is 0.477 e. The maximum atomic E-state index is 13.0. The second-order valence-corrected chi connectivity index (χ2v) is 13.0. The summed E-state index contributed by atoms with van der Waals surface area (Å²) < 4.78 is 0. The van der Waals surface area contributed by atoms with E-state index >= 15 is 0 Å². The highest BCUT2D eigenvalue weighted by Gasteiger charge is 2.42. The van der Waals surface area contributed by atoms with Crippen LogP contribution in [0.5, 0.6) is 0 Å². The zero-order valence-electron chi connectivity index (χ0n) is 30.3. The number of carboxylic acid groups (broad SMARTS) is 1. The van der Waals surface area contributed by atoms with E-state index in [0.29, 0.717) is 48.4 Å². The number of nitrogens with one attached hydrogen (secondary N) is 2. The SMILES string of the molecule is C=CCCC(=O)c1ccc2c(n1)N(C(=O)Nc1ccccn1)[C@H]1CCN2C1.C=CCN.O=C(O)c1ccc2c(n1)N(C(=O)Nc1ccccn1)[C@H]1CCN2C1. The normalized spacial score (nSPS) is 17.0. The lowest BCUT2D eigenvalue weighted by atomic mass is 10.1. The van der Waals surface area contributed by atoms with Crippen LogP contribution in [0.25, 0.3) is 0 Å². The van der Waals surface area contributed by atoms with Crippen molar-refractivity contribution in [1.29, 1.82) is 0 Å². The molecule has 4 amide bonds. The molecular weight excluding hydrogens is 703 g/mol. The molecule has 55 heavy (non-hydrogen) atoms. The topological polar surface area (TPSA) is 203 Å². The number of anilines is 6. The number of ketones is 1. The Bertz CT molecular complexity index is 2050. The number of carbonyl (C=O) groups is 4. The van der Waals surface area contributed by atoms with Crippen molar-refractivity contribution in [3.05, 3.63) is 110 Å². The third-order valence-corrected chi connectivity index (χ3v) is 9.39. The number of aromatic nitrogens is 4. The second-order valence-electron chi connectivity index (χ2n) is 13.0. The van der Waals surface area contributed by atoms with E-state index in [0.717, 1.165) is 50.4 Å². The zero-order valence-corrected chi connectivity index (χ0v) is 30.3. The first-order chi connectivity index (χ1) is 26.7. The number of nitrogens with zero attached hydrogens (tertiary/aromatic N) is 8. The molecule has 4 bridgehead atoms. The van der Waals surface area contributed by atoms with Gasteiger partial charge in [-0.2, -0.15) is 0 Å². The standard InChI is InChI=1S/C20H21N5O2.C16H15N5O3.C3H7N/c1-2-3-6-17(26)15-8-9-16-19(22-15)25(14-10-12-24(16)13-14)20(27)23-18-7-4-5-11-21-18;22-15(23)11-4-5-12-14(18-11)21(10-6-8-20(12)9-10)16(24)19-13-3-1-2-7-17-13;1-2-3-4/h2,4-5,7-9,11,14H,1,3,6,10,12-13H2,(H,21,23,27);1-5,7,10H,6,8-9H2,(H,22,23)(H,17,19,24);2H,1,3-4H2/t14-;10-;/m00./s1. The second kappa shape index (κ2) is 17.4. The summed E-state index contributed by atoms with van der Waals surface area (Å²) in [5.74, 6) is 0.701. The molecule has 284 valence electrons. The van der Waals surface area contributed by atoms with E-state index < -0.39 is 5.97 Å². The van der Waals surface area contributed by atoms with Crippen LogP contribution < -0.4 is 36.0 Å². The minimum absolute atomic E-state index is 0.0299. The molecule has 0 unspecified atom stereocenters. The molecule has 16 heteroatoms. The van der Waals surface area contributed by atoms with Gasteiger partial charge in [0.05, 0.1) is 23.5 Å². The number of nitrogens with two attached hydrogens (primary N) is 1. The summed E-state index contributed by atoms with van der Waals surface area (Å²) in [4.78, 5) is 74.0. The molecule has 0 radical (unpaired) electrons. The lowest BCUT2D eigenvalue weighted by Crippen LogP contribution is -2.48. The Morgan fingerprint density at radius 3 is 1.67 bits per heavy atom. The highest BCUT2D eigenvalue weighted by molar-refractivity contribution is 6.06. The van der Waals surface area contributed by atoms with Crippen LogP contribution in [0.1, 0.15) is 46.7 Å². The van der Waals surface area contributed by atoms with Crippen molar-refractivity contribution < 1.29 is 24.3 Å². The Balaban J connectivity index is 0.000000172. The molecule has 2 atom stereocenters. The van der Waals surface area contributed by atoms with Crippen LogP contribution in [0.4, 0.5) is 44.2 Å². The molecule has 8 rings (SSSR count). The van der Waals surface area contributed by atoms with E-state index in [1.165, 1.54) is 6.07 Å². The average Bonchev–Trinajstić information content (AvgIpc) is 3.83. The highest BCUT2D eigenvalue weighted by atomic mass is 16.4. The maximum absolute atomic E-state index is 13.0. The fraction of sp³-hybridized carbons (Fsp3) is 0.282. The Morgan fingerprint density at radius 1 is 0.745 bits per heavy atom. The van der Waals surface area contributed by atoms with Gasteiger partial charge < -0.3 is 20.6 Å². The van der Waals surface area contributed by atoms with E-state index in [2.05, 4.69) is 53.5 Å². The summed E-state index contributed by atoms with van der Waals surface area (Å²) in [5, 5.41) is 14.8. The maximum Gasteiger partial charge on any atom is 0.354 e. The van der Waals surface area contributed by atoms with Gasteiger partial charge in [-0.25, -0.2) is 34.3 Å². The van der Waals surface area contributed by atoms with Crippen molar-refractivity contribution in [2.45, 2.75) is 37.8 Å². The number of fused-ring (bicyclic) bond motifs is 8. The molecule has 8 heterocycles. The number of pyridine rings is 4. The monoisotopic (exact) mass is 745 g/mol. The number of hydrogen-bond donors (Lipinski definition) is 4. The summed E-state index contributed by atoms with van der Waals surface area (Å²) in [6.45, 7) is 10.8. The van der Waals surface area contributed by atoms with E-state index in [1.807, 2.05) is 12.1 Å². The van der Waals surface area contributed by atoms with Gasteiger partial charge in [0.15, 0.2) is 23.1 Å². The minimum atomic E-state index is -1.11. The molecule has 4 aliphatic heterocycles. The molecule has 0 aliphatic carbocycles. The molecule has 0 saturated carbocycles. The number of carbonyl (C=O) groups excluding carboxylic acids is 3. The summed E-state index contributed by atoms with van der Waals surface area (Å²) in [7, 11) is 0. The van der Waals surface area contributed by atoms with E-state index in [9.17, 15) is 24.3 Å². The van der Waals surface area contributed by atoms with Crippen LogP contribution in [-0.4, -0.2) is 93.7 Å². The van der Waals surface area contributed by atoms with Crippen molar-refractivity contribution in [3.63, 3.8) is 0 Å². The van der Waals surface area contributed by atoms with Gasteiger partial charge in [-0.05, 0) is 67.8 Å². The number of allylic oxidation sites excluding steroid dienone is 1. The molecule has 4 aromatic heterocycles. The first kappa shape index (κ1) is 38.1. The zero-order chi connectivity index (χ0) is 38.9. The lowest BCUT2D eigenvalue weighted by Gasteiger charge is -2.35. The summed E-state index contributed by atoms with van der Waals surface area (Å²) >= 11 is 0.